The summed E-state index contributed by atoms with van der Waals surface area (Å²) in [7, 11) is 1.53. The van der Waals surface area contributed by atoms with Crippen LogP contribution in [0.15, 0.2) is 18.2 Å². The molecular weight excluding hydrogens is 248 g/mol. The van der Waals surface area contributed by atoms with Gasteiger partial charge in [0.2, 0.25) is 5.92 Å². The maximum absolute atomic E-state index is 13.1. The molecule has 0 radical (unpaired) electrons. The van der Waals surface area contributed by atoms with E-state index in [1.165, 1.54) is 7.11 Å². The van der Waals surface area contributed by atoms with Crippen molar-refractivity contribution in [3.63, 3.8) is 0 Å². The number of benzene rings is 1. The van der Waals surface area contributed by atoms with Crippen LogP contribution < -0.4 is 10.5 Å². The van der Waals surface area contributed by atoms with E-state index < -0.39 is 11.3 Å². The predicted molar refractivity (Wildman–Crippen MR) is 62.9 cm³/mol. The van der Waals surface area contributed by atoms with E-state index in [1.807, 2.05) is 0 Å². The van der Waals surface area contributed by atoms with Crippen LogP contribution in [-0.2, 0) is 5.41 Å². The zero-order valence-corrected chi connectivity index (χ0v) is 10.2. The second kappa shape index (κ2) is 4.10. The molecule has 1 saturated carbocycles. The van der Waals surface area contributed by atoms with Gasteiger partial charge in [-0.1, -0.05) is 17.7 Å². The first-order chi connectivity index (χ1) is 7.92. The van der Waals surface area contributed by atoms with Crippen molar-refractivity contribution in [3.05, 3.63) is 28.8 Å². The first kappa shape index (κ1) is 12.6. The lowest BCUT2D eigenvalue weighted by atomic mass is 9.62. The van der Waals surface area contributed by atoms with Crippen molar-refractivity contribution in [2.24, 2.45) is 5.73 Å². The van der Waals surface area contributed by atoms with Crippen LogP contribution in [0.3, 0.4) is 0 Å². The molecule has 0 atom stereocenters. The van der Waals surface area contributed by atoms with E-state index in [4.69, 9.17) is 22.1 Å². The van der Waals surface area contributed by atoms with E-state index in [0.717, 1.165) is 0 Å². The molecule has 1 aromatic rings. The highest BCUT2D eigenvalue weighted by molar-refractivity contribution is 6.31. The Hall–Kier alpha value is -0.870. The third-order valence-corrected chi connectivity index (χ3v) is 3.65. The highest BCUT2D eigenvalue weighted by Crippen LogP contribution is 2.54. The highest BCUT2D eigenvalue weighted by atomic mass is 35.5. The minimum atomic E-state index is -2.62. The van der Waals surface area contributed by atoms with Gasteiger partial charge < -0.3 is 10.5 Å². The number of hydrogen-bond acceptors (Lipinski definition) is 2. The molecule has 0 aromatic heterocycles. The SMILES string of the molecule is COc1ccc(C2(CN)CC(F)(F)C2)c(Cl)c1. The lowest BCUT2D eigenvalue weighted by molar-refractivity contribution is -0.123. The van der Waals surface area contributed by atoms with E-state index in [2.05, 4.69) is 0 Å². The third kappa shape index (κ3) is 2.11. The summed E-state index contributed by atoms with van der Waals surface area (Å²) in [4.78, 5) is 0. The third-order valence-electron chi connectivity index (χ3n) is 3.33. The van der Waals surface area contributed by atoms with E-state index in [1.54, 1.807) is 18.2 Å². The Balaban J connectivity index is 2.33. The van der Waals surface area contributed by atoms with Gasteiger partial charge >= 0.3 is 0 Å². The summed E-state index contributed by atoms with van der Waals surface area (Å²) < 4.78 is 31.1. The van der Waals surface area contributed by atoms with Gasteiger partial charge in [-0.2, -0.15) is 0 Å². The molecule has 1 aliphatic rings. The fourth-order valence-corrected chi connectivity index (χ4v) is 2.81. The van der Waals surface area contributed by atoms with Gasteiger partial charge in [-0.25, -0.2) is 8.78 Å². The summed E-state index contributed by atoms with van der Waals surface area (Å²) >= 11 is 6.10. The highest BCUT2D eigenvalue weighted by Gasteiger charge is 2.57. The van der Waals surface area contributed by atoms with Gasteiger partial charge in [0.05, 0.1) is 7.11 Å². The number of hydrogen-bond donors (Lipinski definition) is 1. The maximum Gasteiger partial charge on any atom is 0.250 e. The minimum Gasteiger partial charge on any atom is -0.497 e. The van der Waals surface area contributed by atoms with Crippen LogP contribution in [0.1, 0.15) is 18.4 Å². The Morgan fingerprint density at radius 2 is 2.06 bits per heavy atom. The predicted octanol–water partition coefficient (Wildman–Crippen LogP) is 2.97. The molecule has 94 valence electrons. The van der Waals surface area contributed by atoms with E-state index in [0.29, 0.717) is 16.3 Å². The quantitative estimate of drug-likeness (QED) is 0.908. The van der Waals surface area contributed by atoms with Crippen LogP contribution in [-0.4, -0.2) is 19.6 Å². The Kier molecular flexibility index (Phi) is 3.04. The molecule has 0 bridgehead atoms. The summed E-state index contributed by atoms with van der Waals surface area (Å²) in [5, 5.41) is 0.435. The number of ether oxygens (including phenoxy) is 1. The molecule has 5 heteroatoms. The van der Waals surface area contributed by atoms with Crippen LogP contribution in [0.2, 0.25) is 5.02 Å². The number of methoxy groups -OCH3 is 1. The zero-order chi connectivity index (χ0) is 12.7. The van der Waals surface area contributed by atoms with Crippen LogP contribution in [0, 0.1) is 0 Å². The van der Waals surface area contributed by atoms with Gasteiger partial charge in [0.1, 0.15) is 5.75 Å². The topological polar surface area (TPSA) is 35.2 Å². The Morgan fingerprint density at radius 3 is 2.47 bits per heavy atom. The van der Waals surface area contributed by atoms with Gasteiger partial charge in [-0.3, -0.25) is 0 Å². The van der Waals surface area contributed by atoms with Crippen LogP contribution in [0.25, 0.3) is 0 Å². The van der Waals surface area contributed by atoms with Crippen molar-refractivity contribution in [1.29, 1.82) is 0 Å². The van der Waals surface area contributed by atoms with Crippen molar-refractivity contribution >= 4 is 11.6 Å². The smallest absolute Gasteiger partial charge is 0.250 e. The summed E-state index contributed by atoms with van der Waals surface area (Å²) in [5.41, 5.74) is 5.64. The number of alkyl halides is 2. The molecule has 2 N–H and O–H groups in total. The van der Waals surface area contributed by atoms with E-state index >= 15 is 0 Å². The molecule has 0 heterocycles. The average Bonchev–Trinajstić information content (AvgIpc) is 2.25. The van der Waals surface area contributed by atoms with Crippen molar-refractivity contribution in [2.45, 2.75) is 24.2 Å². The lowest BCUT2D eigenvalue weighted by Gasteiger charge is -2.47. The minimum absolute atomic E-state index is 0.175. The molecule has 0 spiro atoms. The first-order valence-electron chi connectivity index (χ1n) is 5.34. The summed E-state index contributed by atoms with van der Waals surface area (Å²) in [6, 6.07) is 5.07. The fourth-order valence-electron chi connectivity index (χ4n) is 2.44. The van der Waals surface area contributed by atoms with Gasteiger partial charge in [0, 0.05) is 29.8 Å². The molecule has 1 fully saturated rings. The van der Waals surface area contributed by atoms with Gasteiger partial charge in [0.25, 0.3) is 0 Å². The summed E-state index contributed by atoms with van der Waals surface area (Å²) in [6.45, 7) is 0.175. The second-order valence-electron chi connectivity index (χ2n) is 4.54. The molecule has 17 heavy (non-hydrogen) atoms. The Bertz CT molecular complexity index is 429. The van der Waals surface area contributed by atoms with Gasteiger partial charge in [-0.05, 0) is 17.7 Å². The standard InChI is InChI=1S/C12H14ClF2NO/c1-17-8-2-3-9(10(13)4-8)11(7-16)5-12(14,15)6-11/h2-4H,5-7,16H2,1H3. The maximum atomic E-state index is 13.1. The second-order valence-corrected chi connectivity index (χ2v) is 4.95. The summed E-state index contributed by atoms with van der Waals surface area (Å²) in [6.07, 6.45) is -0.467. The van der Waals surface area contributed by atoms with Crippen molar-refractivity contribution in [1.82, 2.24) is 0 Å². The molecular formula is C12H14ClF2NO. The number of rotatable bonds is 3. The van der Waals surface area contributed by atoms with Gasteiger partial charge in [-0.15, -0.1) is 0 Å². The zero-order valence-electron chi connectivity index (χ0n) is 9.47. The van der Waals surface area contributed by atoms with Crippen molar-refractivity contribution in [3.8, 4) is 5.75 Å². The van der Waals surface area contributed by atoms with Crippen LogP contribution in [0.4, 0.5) is 8.78 Å². The van der Waals surface area contributed by atoms with Crippen LogP contribution in [0.5, 0.6) is 5.75 Å². The molecule has 1 aromatic carbocycles. The van der Waals surface area contributed by atoms with Gasteiger partial charge in [0.15, 0.2) is 0 Å². The summed E-state index contributed by atoms with van der Waals surface area (Å²) in [5.74, 6) is -2.01. The molecule has 2 rings (SSSR count). The normalized spacial score (nSPS) is 20.8. The average molecular weight is 262 g/mol. The largest absolute Gasteiger partial charge is 0.497 e. The molecule has 0 amide bonds. The molecule has 1 aliphatic carbocycles. The Morgan fingerprint density at radius 1 is 1.41 bits per heavy atom. The Labute approximate surface area is 104 Å². The van der Waals surface area contributed by atoms with Crippen molar-refractivity contribution < 1.29 is 13.5 Å². The number of halogens is 3. The van der Waals surface area contributed by atoms with E-state index in [-0.39, 0.29) is 19.4 Å². The molecule has 2 nitrogen and oxygen atoms in total. The first-order valence-corrected chi connectivity index (χ1v) is 5.72. The monoisotopic (exact) mass is 261 g/mol. The van der Waals surface area contributed by atoms with Crippen LogP contribution >= 0.6 is 11.6 Å². The lowest BCUT2D eigenvalue weighted by Crippen LogP contribution is -2.53. The molecule has 0 saturated heterocycles. The van der Waals surface area contributed by atoms with E-state index in [9.17, 15) is 8.78 Å². The van der Waals surface area contributed by atoms with Crippen molar-refractivity contribution in [2.75, 3.05) is 13.7 Å². The fraction of sp³-hybridized carbons (Fsp3) is 0.500. The molecule has 0 unspecified atom stereocenters. The molecule has 0 aliphatic heterocycles. The number of nitrogens with two attached hydrogens (primary N) is 1.